The third-order valence-electron chi connectivity index (χ3n) is 1.94. The van der Waals surface area contributed by atoms with Crippen LogP contribution in [0.2, 0.25) is 0 Å². The summed E-state index contributed by atoms with van der Waals surface area (Å²) in [6, 6.07) is 3.75. The summed E-state index contributed by atoms with van der Waals surface area (Å²) < 4.78 is 5.15. The van der Waals surface area contributed by atoms with Crippen LogP contribution in [0.5, 0.6) is 11.5 Å². The van der Waals surface area contributed by atoms with Gasteiger partial charge in [-0.25, -0.2) is 4.79 Å². The van der Waals surface area contributed by atoms with E-state index in [1.165, 1.54) is 25.1 Å². The molecule has 17 heavy (non-hydrogen) atoms. The van der Waals surface area contributed by atoms with Crippen LogP contribution in [0, 0.1) is 0 Å². The first-order valence-electron chi connectivity index (χ1n) is 4.94. The molecule has 0 unspecified atom stereocenters. The zero-order valence-corrected chi connectivity index (χ0v) is 9.27. The predicted molar refractivity (Wildman–Crippen MR) is 59.2 cm³/mol. The fourth-order valence-electron chi connectivity index (χ4n) is 1.15. The van der Waals surface area contributed by atoms with Crippen LogP contribution in [0.4, 0.5) is 0 Å². The molecule has 92 valence electrons. The van der Waals surface area contributed by atoms with Crippen molar-refractivity contribution in [2.45, 2.75) is 6.92 Å². The lowest BCUT2D eigenvalue weighted by molar-refractivity contribution is -0.119. The molecule has 0 aliphatic heterocycles. The Morgan fingerprint density at radius 1 is 1.41 bits per heavy atom. The Balaban J connectivity index is 2.60. The smallest absolute Gasteiger partial charge is 0.335 e. The van der Waals surface area contributed by atoms with Gasteiger partial charge in [-0.1, -0.05) is 0 Å². The molecular weight excluding hydrogens is 226 g/mol. The molecule has 0 heterocycles. The van der Waals surface area contributed by atoms with E-state index in [1.807, 2.05) is 0 Å². The van der Waals surface area contributed by atoms with E-state index in [0.29, 0.717) is 0 Å². The number of carboxylic acids is 1. The van der Waals surface area contributed by atoms with Gasteiger partial charge in [0, 0.05) is 6.92 Å². The summed E-state index contributed by atoms with van der Waals surface area (Å²) in [5.41, 5.74) is 0.0253. The Morgan fingerprint density at radius 3 is 2.71 bits per heavy atom. The zero-order chi connectivity index (χ0) is 12.8. The summed E-state index contributed by atoms with van der Waals surface area (Å²) in [5.74, 6) is -1.35. The van der Waals surface area contributed by atoms with E-state index in [1.54, 1.807) is 0 Å². The highest BCUT2D eigenvalue weighted by Gasteiger charge is 2.08. The van der Waals surface area contributed by atoms with E-state index in [0.717, 1.165) is 0 Å². The summed E-state index contributed by atoms with van der Waals surface area (Å²) in [4.78, 5) is 21.3. The monoisotopic (exact) mass is 239 g/mol. The molecule has 3 N–H and O–H groups in total. The third kappa shape index (κ3) is 4.02. The minimum Gasteiger partial charge on any atom is -0.504 e. The third-order valence-corrected chi connectivity index (χ3v) is 1.94. The minimum atomic E-state index is -1.10. The lowest BCUT2D eigenvalue weighted by Gasteiger charge is -2.08. The van der Waals surface area contributed by atoms with Gasteiger partial charge in [0.25, 0.3) is 0 Å². The zero-order valence-electron chi connectivity index (χ0n) is 9.27. The quantitative estimate of drug-likeness (QED) is 0.654. The first-order valence-corrected chi connectivity index (χ1v) is 4.94. The van der Waals surface area contributed by atoms with Crippen LogP contribution in [0.15, 0.2) is 18.2 Å². The molecule has 0 saturated heterocycles. The molecule has 0 radical (unpaired) electrons. The van der Waals surface area contributed by atoms with Crippen molar-refractivity contribution in [3.63, 3.8) is 0 Å². The minimum absolute atomic E-state index is 0.0253. The van der Waals surface area contributed by atoms with Crippen LogP contribution in [0.25, 0.3) is 0 Å². The lowest BCUT2D eigenvalue weighted by atomic mass is 10.2. The number of ether oxygens (including phenoxy) is 1. The number of phenols is 1. The highest BCUT2D eigenvalue weighted by Crippen LogP contribution is 2.26. The highest BCUT2D eigenvalue weighted by molar-refractivity contribution is 5.88. The van der Waals surface area contributed by atoms with E-state index in [4.69, 9.17) is 9.84 Å². The van der Waals surface area contributed by atoms with Gasteiger partial charge in [0.15, 0.2) is 11.5 Å². The van der Waals surface area contributed by atoms with Gasteiger partial charge in [-0.2, -0.15) is 0 Å². The number of carbonyl (C=O) groups excluding carboxylic acids is 1. The first-order chi connectivity index (χ1) is 8.00. The van der Waals surface area contributed by atoms with E-state index in [-0.39, 0.29) is 36.1 Å². The number of carbonyl (C=O) groups is 2. The number of rotatable bonds is 5. The molecular formula is C11H13NO5. The van der Waals surface area contributed by atoms with Crippen molar-refractivity contribution in [2.24, 2.45) is 0 Å². The van der Waals surface area contributed by atoms with Crippen LogP contribution in [0.3, 0.4) is 0 Å². The van der Waals surface area contributed by atoms with E-state index >= 15 is 0 Å². The van der Waals surface area contributed by atoms with Crippen molar-refractivity contribution >= 4 is 11.9 Å². The lowest BCUT2D eigenvalue weighted by Crippen LogP contribution is -2.25. The van der Waals surface area contributed by atoms with E-state index in [9.17, 15) is 14.7 Å². The maximum atomic E-state index is 10.7. The van der Waals surface area contributed by atoms with Crippen molar-refractivity contribution in [2.75, 3.05) is 13.2 Å². The van der Waals surface area contributed by atoms with Gasteiger partial charge in [-0.15, -0.1) is 0 Å². The van der Waals surface area contributed by atoms with Crippen molar-refractivity contribution < 1.29 is 24.5 Å². The summed E-state index contributed by atoms with van der Waals surface area (Å²) in [6.45, 7) is 1.81. The molecule has 6 nitrogen and oxygen atoms in total. The van der Waals surface area contributed by atoms with Gasteiger partial charge in [-0.3, -0.25) is 4.79 Å². The number of nitrogens with one attached hydrogen (secondary N) is 1. The van der Waals surface area contributed by atoms with Crippen LogP contribution in [0.1, 0.15) is 17.3 Å². The second-order valence-electron chi connectivity index (χ2n) is 3.32. The largest absolute Gasteiger partial charge is 0.504 e. The topological polar surface area (TPSA) is 95.9 Å². The predicted octanol–water partition coefficient (Wildman–Crippen LogP) is 0.605. The fraction of sp³-hybridized carbons (Fsp3) is 0.273. The van der Waals surface area contributed by atoms with Gasteiger partial charge < -0.3 is 20.3 Å². The van der Waals surface area contributed by atoms with Crippen LogP contribution in [-0.4, -0.2) is 35.2 Å². The molecule has 0 fully saturated rings. The molecule has 0 aromatic heterocycles. The van der Waals surface area contributed by atoms with Gasteiger partial charge >= 0.3 is 5.97 Å². The average molecular weight is 239 g/mol. The Morgan fingerprint density at radius 2 is 2.12 bits per heavy atom. The number of hydrogen-bond acceptors (Lipinski definition) is 4. The average Bonchev–Trinajstić information content (AvgIpc) is 2.25. The summed E-state index contributed by atoms with van der Waals surface area (Å²) in [7, 11) is 0. The second kappa shape index (κ2) is 5.74. The Hall–Kier alpha value is -2.24. The van der Waals surface area contributed by atoms with Crippen LogP contribution >= 0.6 is 0 Å². The number of aromatic hydroxyl groups is 1. The maximum Gasteiger partial charge on any atom is 0.335 e. The van der Waals surface area contributed by atoms with E-state index < -0.39 is 5.97 Å². The molecule has 0 spiro atoms. The Bertz CT molecular complexity index is 430. The standard InChI is InChI=1S/C11H13NO5/c1-7(13)12-4-5-17-10-6-8(11(15)16)2-3-9(10)14/h2-3,6,14H,4-5H2,1H3,(H,12,13)(H,15,16). The molecule has 0 saturated carbocycles. The van der Waals surface area contributed by atoms with Crippen LogP contribution < -0.4 is 10.1 Å². The molecule has 0 atom stereocenters. The number of phenolic OH excluding ortho intramolecular Hbond substituents is 1. The van der Waals surface area contributed by atoms with Crippen LogP contribution in [-0.2, 0) is 4.79 Å². The maximum absolute atomic E-state index is 10.7. The molecule has 6 heteroatoms. The van der Waals surface area contributed by atoms with Gasteiger partial charge in [-0.05, 0) is 18.2 Å². The fourth-order valence-corrected chi connectivity index (χ4v) is 1.15. The number of hydrogen-bond donors (Lipinski definition) is 3. The highest BCUT2D eigenvalue weighted by atomic mass is 16.5. The van der Waals surface area contributed by atoms with Crippen molar-refractivity contribution in [1.82, 2.24) is 5.32 Å². The summed E-state index contributed by atoms with van der Waals surface area (Å²) >= 11 is 0. The summed E-state index contributed by atoms with van der Waals surface area (Å²) in [5, 5.41) is 20.7. The Labute approximate surface area is 97.8 Å². The Kier molecular flexibility index (Phi) is 4.33. The second-order valence-corrected chi connectivity index (χ2v) is 3.32. The first kappa shape index (κ1) is 12.8. The van der Waals surface area contributed by atoms with Crippen molar-refractivity contribution in [1.29, 1.82) is 0 Å². The molecule has 0 aliphatic carbocycles. The van der Waals surface area contributed by atoms with E-state index in [2.05, 4.69) is 5.32 Å². The molecule has 1 aromatic rings. The van der Waals surface area contributed by atoms with Gasteiger partial charge in [0.05, 0.1) is 12.1 Å². The molecule has 1 amide bonds. The summed E-state index contributed by atoms with van der Waals surface area (Å²) in [6.07, 6.45) is 0. The number of carboxylic acid groups (broad SMARTS) is 1. The van der Waals surface area contributed by atoms with Gasteiger partial charge in [0.1, 0.15) is 6.61 Å². The van der Waals surface area contributed by atoms with Gasteiger partial charge in [0.2, 0.25) is 5.91 Å². The van der Waals surface area contributed by atoms with Crippen molar-refractivity contribution in [3.8, 4) is 11.5 Å². The molecule has 1 aromatic carbocycles. The van der Waals surface area contributed by atoms with Crippen molar-refractivity contribution in [3.05, 3.63) is 23.8 Å². The normalized spacial score (nSPS) is 9.71. The molecule has 0 bridgehead atoms. The number of amides is 1. The molecule has 0 aliphatic rings. The SMILES string of the molecule is CC(=O)NCCOc1cc(C(=O)O)ccc1O. The molecule has 1 rings (SSSR count). The number of aromatic carboxylic acids is 1. The number of benzene rings is 1.